The van der Waals surface area contributed by atoms with Crippen molar-refractivity contribution in [2.45, 2.75) is 0 Å². The highest BCUT2D eigenvalue weighted by Gasteiger charge is 1.78. The molecule has 5 heteroatoms. The van der Waals surface area contributed by atoms with Crippen molar-refractivity contribution >= 4 is 0 Å². The normalized spacial score (nSPS) is 5.00. The summed E-state index contributed by atoms with van der Waals surface area (Å²) in [4.78, 5) is 0. The molecule has 7 heavy (non-hydrogen) atoms. The first-order valence-electron chi connectivity index (χ1n) is 0.885. The molecule has 0 aliphatic carbocycles. The SMILES string of the molecule is FC=C(F)F.[F-].[F-]. The van der Waals surface area contributed by atoms with Crippen molar-refractivity contribution in [3.63, 3.8) is 0 Å². The lowest BCUT2D eigenvalue weighted by atomic mass is 11.1. The summed E-state index contributed by atoms with van der Waals surface area (Å²) in [5.41, 5.74) is 0. The molecule has 0 fully saturated rings. The second-order valence-corrected chi connectivity index (χ2v) is 0.399. The van der Waals surface area contributed by atoms with E-state index in [1.54, 1.807) is 0 Å². The van der Waals surface area contributed by atoms with Crippen LogP contribution in [-0.4, -0.2) is 0 Å². The Bertz CT molecular complexity index is 44.0. The molecule has 46 valence electrons. The van der Waals surface area contributed by atoms with Gasteiger partial charge < -0.3 is 9.41 Å². The van der Waals surface area contributed by atoms with Gasteiger partial charge in [-0.1, -0.05) is 0 Å². The fourth-order valence-corrected chi connectivity index (χ4v) is 0. The number of rotatable bonds is 0. The summed E-state index contributed by atoms with van der Waals surface area (Å²) < 4.78 is 30.7. The Morgan fingerprint density at radius 2 is 1.29 bits per heavy atom. The van der Waals surface area contributed by atoms with Crippen LogP contribution in [-0.2, 0) is 0 Å². The Morgan fingerprint density at radius 3 is 1.29 bits per heavy atom. The second-order valence-electron chi connectivity index (χ2n) is 0.399. The van der Waals surface area contributed by atoms with Crippen molar-refractivity contribution in [1.82, 2.24) is 0 Å². The van der Waals surface area contributed by atoms with E-state index in [0.29, 0.717) is 0 Å². The molecule has 0 aliphatic heterocycles. The minimum Gasteiger partial charge on any atom is -1.00 e. The maximum absolute atomic E-state index is 10.2. The number of hydrogen-bond acceptors (Lipinski definition) is 0. The Kier molecular flexibility index (Phi) is 20.9. The highest BCUT2D eigenvalue weighted by atomic mass is 19.3. The molecule has 0 atom stereocenters. The van der Waals surface area contributed by atoms with E-state index in [-0.39, 0.29) is 9.41 Å². The third-order valence-electron chi connectivity index (χ3n) is 0.0825. The van der Waals surface area contributed by atoms with Crippen molar-refractivity contribution in [2.75, 3.05) is 0 Å². The summed E-state index contributed by atoms with van der Waals surface area (Å²) in [6, 6.07) is 0. The zero-order valence-corrected chi connectivity index (χ0v) is 2.97. The van der Waals surface area contributed by atoms with Crippen LogP contribution in [0.4, 0.5) is 13.2 Å². The number of hydrogen-bond donors (Lipinski definition) is 0. The van der Waals surface area contributed by atoms with E-state index in [4.69, 9.17) is 0 Å². The lowest BCUT2D eigenvalue weighted by Gasteiger charge is -1.59. The van der Waals surface area contributed by atoms with Gasteiger partial charge in [0.2, 0.25) is 0 Å². The molecule has 0 unspecified atom stereocenters. The predicted octanol–water partition coefficient (Wildman–Crippen LogP) is -4.30. The smallest absolute Gasteiger partial charge is 0.298 e. The van der Waals surface area contributed by atoms with Gasteiger partial charge in [0.05, 0.1) is 0 Å². The van der Waals surface area contributed by atoms with Crippen LogP contribution < -0.4 is 9.41 Å². The highest BCUT2D eigenvalue weighted by Crippen LogP contribution is 1.93. The fraction of sp³-hybridized carbons (Fsp3) is 0. The van der Waals surface area contributed by atoms with Crippen LogP contribution in [0.2, 0.25) is 0 Å². The minimum absolute atomic E-state index is 0. The molecular weight excluding hydrogens is 119 g/mol. The molecule has 0 aromatic rings. The summed E-state index contributed by atoms with van der Waals surface area (Å²) in [7, 11) is 0. The molecule has 0 N–H and O–H groups in total. The van der Waals surface area contributed by atoms with Gasteiger partial charge in [-0.2, -0.15) is 8.78 Å². The molecule has 0 saturated carbocycles. The summed E-state index contributed by atoms with van der Waals surface area (Å²) in [6.07, 6.45) is -3.04. The van der Waals surface area contributed by atoms with Gasteiger partial charge in [-0.25, -0.2) is 4.39 Å². The van der Waals surface area contributed by atoms with E-state index in [1.165, 1.54) is 0 Å². The first-order chi connectivity index (χ1) is 2.27. The van der Waals surface area contributed by atoms with Crippen LogP contribution in [0.1, 0.15) is 0 Å². The van der Waals surface area contributed by atoms with Crippen molar-refractivity contribution in [3.05, 3.63) is 12.4 Å². The predicted molar refractivity (Wildman–Crippen MR) is 11.4 cm³/mol. The second kappa shape index (κ2) is 9.04. The molecule has 0 aliphatic rings. The van der Waals surface area contributed by atoms with E-state index in [1.807, 2.05) is 0 Å². The van der Waals surface area contributed by atoms with Crippen LogP contribution in [0.3, 0.4) is 0 Å². The molecular formula is C2HF5-2. The van der Waals surface area contributed by atoms with Crippen LogP contribution >= 0.6 is 0 Å². The molecule has 0 aromatic heterocycles. The summed E-state index contributed by atoms with van der Waals surface area (Å²) >= 11 is 0. The summed E-state index contributed by atoms with van der Waals surface area (Å²) in [5, 5.41) is 0. The van der Waals surface area contributed by atoms with Crippen LogP contribution in [0.25, 0.3) is 0 Å². The van der Waals surface area contributed by atoms with Gasteiger partial charge >= 0.3 is 0 Å². The summed E-state index contributed by atoms with van der Waals surface area (Å²) in [5.74, 6) is 0. The maximum atomic E-state index is 10.2. The Hall–Kier alpha value is -0.610. The monoisotopic (exact) mass is 120 g/mol. The molecule has 0 bridgehead atoms. The largest absolute Gasteiger partial charge is 1.00 e. The van der Waals surface area contributed by atoms with Crippen LogP contribution in [0.5, 0.6) is 0 Å². The third kappa shape index (κ3) is 32.1. The lowest BCUT2D eigenvalue weighted by Crippen LogP contribution is -3.00. The zero-order chi connectivity index (χ0) is 4.28. The van der Waals surface area contributed by atoms with Gasteiger partial charge in [0, 0.05) is 0 Å². The average Bonchev–Trinajstić information content (AvgIpc) is 1.38. The van der Waals surface area contributed by atoms with Gasteiger partial charge in [-0.05, 0) is 0 Å². The van der Waals surface area contributed by atoms with E-state index >= 15 is 0 Å². The Balaban J connectivity index is -0.0000000800. The Labute approximate surface area is 36.4 Å². The van der Waals surface area contributed by atoms with Gasteiger partial charge in [0.1, 0.15) is 0 Å². The van der Waals surface area contributed by atoms with Gasteiger partial charge in [-0.3, -0.25) is 0 Å². The molecule has 0 spiro atoms. The maximum Gasteiger partial charge on any atom is 0.298 e. The third-order valence-corrected chi connectivity index (χ3v) is 0.0825. The Morgan fingerprint density at radius 1 is 1.14 bits per heavy atom. The van der Waals surface area contributed by atoms with Crippen molar-refractivity contribution in [2.24, 2.45) is 0 Å². The first-order valence-corrected chi connectivity index (χ1v) is 0.885. The molecule has 0 radical (unpaired) electrons. The van der Waals surface area contributed by atoms with Gasteiger partial charge in [0.25, 0.3) is 6.08 Å². The minimum atomic E-state index is -2.29. The van der Waals surface area contributed by atoms with Gasteiger partial charge in [-0.15, -0.1) is 0 Å². The van der Waals surface area contributed by atoms with E-state index in [0.717, 1.165) is 0 Å². The molecule has 0 amide bonds. The van der Waals surface area contributed by atoms with Gasteiger partial charge in [0.15, 0.2) is 6.33 Å². The van der Waals surface area contributed by atoms with Crippen molar-refractivity contribution in [1.29, 1.82) is 0 Å². The fourth-order valence-electron chi connectivity index (χ4n) is 0. The topological polar surface area (TPSA) is 0 Å². The zero-order valence-electron chi connectivity index (χ0n) is 2.97. The van der Waals surface area contributed by atoms with E-state index in [9.17, 15) is 13.2 Å². The lowest BCUT2D eigenvalue weighted by molar-refractivity contribution is -0.001000. The molecule has 0 heterocycles. The molecule has 0 aromatic carbocycles. The molecule has 0 rings (SSSR count). The van der Waals surface area contributed by atoms with E-state index in [2.05, 4.69) is 0 Å². The first kappa shape index (κ1) is 16.2. The molecule has 0 saturated heterocycles. The van der Waals surface area contributed by atoms with Crippen molar-refractivity contribution < 1.29 is 22.6 Å². The standard InChI is InChI=1S/C2HF3.2FH/c3-1-2(4)5;;/h1H;2*1H/p-2. The average molecular weight is 120 g/mol. The van der Waals surface area contributed by atoms with Crippen LogP contribution in [0.15, 0.2) is 12.4 Å². The van der Waals surface area contributed by atoms with E-state index < -0.39 is 12.4 Å². The van der Waals surface area contributed by atoms with Crippen LogP contribution in [0, 0.1) is 0 Å². The number of halogens is 5. The highest BCUT2D eigenvalue weighted by molar-refractivity contribution is 4.66. The quantitative estimate of drug-likeness (QED) is 0.284. The molecule has 0 nitrogen and oxygen atoms in total. The van der Waals surface area contributed by atoms with Crippen molar-refractivity contribution in [3.8, 4) is 0 Å². The summed E-state index contributed by atoms with van der Waals surface area (Å²) in [6.45, 7) is 0.